The number of nitrogens with zero attached hydrogens (tertiary/aromatic N) is 3. The first-order valence-electron chi connectivity index (χ1n) is 8.19. The van der Waals surface area contributed by atoms with E-state index in [1.54, 1.807) is 7.11 Å². The van der Waals surface area contributed by atoms with Gasteiger partial charge in [-0.2, -0.15) is 5.10 Å². The summed E-state index contributed by atoms with van der Waals surface area (Å²) in [4.78, 5) is 4.65. The minimum absolute atomic E-state index is 0. The van der Waals surface area contributed by atoms with Gasteiger partial charge in [0.05, 0.1) is 19.3 Å². The molecule has 25 heavy (non-hydrogen) atoms. The van der Waals surface area contributed by atoms with Gasteiger partial charge < -0.3 is 15.4 Å². The molecule has 138 valence electrons. The van der Waals surface area contributed by atoms with Gasteiger partial charge in [-0.25, -0.2) is 4.99 Å². The molecule has 1 heterocycles. The second-order valence-corrected chi connectivity index (χ2v) is 5.67. The van der Waals surface area contributed by atoms with Gasteiger partial charge >= 0.3 is 0 Å². The third-order valence-electron chi connectivity index (χ3n) is 3.99. The van der Waals surface area contributed by atoms with E-state index in [-0.39, 0.29) is 24.0 Å². The molecule has 0 aliphatic carbocycles. The molecule has 0 radical (unpaired) electrons. The molecule has 7 heteroatoms. The number of aliphatic imine (C=N–C) groups is 1. The van der Waals surface area contributed by atoms with Gasteiger partial charge in [0.15, 0.2) is 5.96 Å². The Morgan fingerprint density at radius 2 is 2.04 bits per heavy atom. The van der Waals surface area contributed by atoms with Crippen molar-refractivity contribution in [1.82, 2.24) is 20.4 Å². The Bertz CT molecular complexity index is 711. The fourth-order valence-electron chi connectivity index (χ4n) is 2.53. The Morgan fingerprint density at radius 1 is 1.28 bits per heavy atom. The molecule has 1 aromatic heterocycles. The number of nitrogens with one attached hydrogen (secondary N) is 2. The van der Waals surface area contributed by atoms with Crippen LogP contribution < -0.4 is 15.4 Å². The van der Waals surface area contributed by atoms with E-state index >= 15 is 0 Å². The standard InChI is InChI=1S/C18H27N5O.HI/c1-6-19-18(20-11-15-8-7-9-16(10-15)24-5)21-12-17-13(2)22-23(4)14(17)3;/h7-10H,6,11-12H2,1-5H3,(H2,19,20,21);1H. The lowest BCUT2D eigenvalue weighted by Gasteiger charge is -2.12. The lowest BCUT2D eigenvalue weighted by molar-refractivity contribution is 0.414. The summed E-state index contributed by atoms with van der Waals surface area (Å²) in [6.45, 7) is 8.28. The normalized spacial score (nSPS) is 11.0. The summed E-state index contributed by atoms with van der Waals surface area (Å²) >= 11 is 0. The van der Waals surface area contributed by atoms with Crippen molar-refractivity contribution in [3.05, 3.63) is 46.8 Å². The van der Waals surface area contributed by atoms with Crippen LogP contribution in [0, 0.1) is 13.8 Å². The molecule has 0 fully saturated rings. The first-order chi connectivity index (χ1) is 11.5. The summed E-state index contributed by atoms with van der Waals surface area (Å²) in [5.41, 5.74) is 4.54. The Hall–Kier alpha value is -1.77. The van der Waals surface area contributed by atoms with Gasteiger partial charge in [-0.3, -0.25) is 4.68 Å². The largest absolute Gasteiger partial charge is 0.497 e. The number of hydrogen-bond donors (Lipinski definition) is 2. The van der Waals surface area contributed by atoms with Gasteiger partial charge in [-0.1, -0.05) is 12.1 Å². The summed E-state index contributed by atoms with van der Waals surface area (Å²) in [7, 11) is 3.64. The number of benzene rings is 1. The zero-order valence-corrected chi connectivity index (χ0v) is 17.9. The maximum atomic E-state index is 5.25. The lowest BCUT2D eigenvalue weighted by atomic mass is 10.2. The van der Waals surface area contributed by atoms with Crippen LogP contribution in [0.2, 0.25) is 0 Å². The molecule has 2 rings (SSSR count). The zero-order valence-electron chi connectivity index (χ0n) is 15.6. The van der Waals surface area contributed by atoms with E-state index in [9.17, 15) is 0 Å². The molecule has 6 nitrogen and oxygen atoms in total. The summed E-state index contributed by atoms with van der Waals surface area (Å²) in [5, 5.41) is 11.1. The van der Waals surface area contributed by atoms with Gasteiger partial charge in [0.1, 0.15) is 5.75 Å². The lowest BCUT2D eigenvalue weighted by Crippen LogP contribution is -2.37. The zero-order chi connectivity index (χ0) is 17.5. The van der Waals surface area contributed by atoms with Crippen LogP contribution in [0.4, 0.5) is 0 Å². The minimum Gasteiger partial charge on any atom is -0.497 e. The number of ether oxygens (including phenoxy) is 1. The van der Waals surface area contributed by atoms with Crippen molar-refractivity contribution in [2.75, 3.05) is 13.7 Å². The van der Waals surface area contributed by atoms with Crippen LogP contribution in [-0.4, -0.2) is 29.4 Å². The Kier molecular flexibility index (Phi) is 8.74. The van der Waals surface area contributed by atoms with Crippen LogP contribution in [-0.2, 0) is 20.1 Å². The molecule has 2 N–H and O–H groups in total. The highest BCUT2D eigenvalue weighted by Gasteiger charge is 2.09. The van der Waals surface area contributed by atoms with Gasteiger partial charge in [0.25, 0.3) is 0 Å². The molecule has 0 bridgehead atoms. The number of guanidine groups is 1. The van der Waals surface area contributed by atoms with E-state index in [4.69, 9.17) is 4.74 Å². The highest BCUT2D eigenvalue weighted by molar-refractivity contribution is 14.0. The fraction of sp³-hybridized carbons (Fsp3) is 0.444. The second kappa shape index (κ2) is 10.3. The predicted octanol–water partition coefficient (Wildman–Crippen LogP) is 2.92. The molecule has 0 spiro atoms. The van der Waals surface area contributed by atoms with Crippen molar-refractivity contribution < 1.29 is 4.74 Å². The second-order valence-electron chi connectivity index (χ2n) is 5.67. The Morgan fingerprint density at radius 3 is 2.64 bits per heavy atom. The van der Waals surface area contributed by atoms with E-state index < -0.39 is 0 Å². The van der Waals surface area contributed by atoms with Gasteiger partial charge in [-0.15, -0.1) is 24.0 Å². The van der Waals surface area contributed by atoms with Crippen LogP contribution in [0.1, 0.15) is 29.4 Å². The molecule has 2 aromatic rings. The van der Waals surface area contributed by atoms with Crippen molar-refractivity contribution in [2.24, 2.45) is 12.0 Å². The molecule has 0 saturated carbocycles. The average Bonchev–Trinajstić information content (AvgIpc) is 2.83. The maximum absolute atomic E-state index is 5.25. The molecule has 0 aliphatic heterocycles. The number of rotatable bonds is 6. The number of aryl methyl sites for hydroxylation is 2. The first-order valence-corrected chi connectivity index (χ1v) is 8.19. The maximum Gasteiger partial charge on any atom is 0.191 e. The van der Waals surface area contributed by atoms with E-state index in [1.807, 2.05) is 42.9 Å². The topological polar surface area (TPSA) is 63.5 Å². The van der Waals surface area contributed by atoms with Crippen LogP contribution in [0.3, 0.4) is 0 Å². The highest BCUT2D eigenvalue weighted by Crippen LogP contribution is 2.13. The van der Waals surface area contributed by atoms with Crippen molar-refractivity contribution in [3.63, 3.8) is 0 Å². The molecule has 0 unspecified atom stereocenters. The summed E-state index contributed by atoms with van der Waals surface area (Å²) in [6, 6.07) is 7.96. The first kappa shape index (κ1) is 21.3. The molecular formula is C18H28IN5O. The molecule has 0 aliphatic rings. The van der Waals surface area contributed by atoms with Gasteiger partial charge in [-0.05, 0) is 38.5 Å². The molecule has 1 aromatic carbocycles. The number of methoxy groups -OCH3 is 1. The van der Waals surface area contributed by atoms with E-state index in [0.717, 1.165) is 29.5 Å². The number of hydrogen-bond acceptors (Lipinski definition) is 3. The van der Waals surface area contributed by atoms with Crippen molar-refractivity contribution in [1.29, 1.82) is 0 Å². The van der Waals surface area contributed by atoms with Crippen molar-refractivity contribution in [2.45, 2.75) is 33.9 Å². The van der Waals surface area contributed by atoms with E-state index in [1.165, 1.54) is 11.3 Å². The third-order valence-corrected chi connectivity index (χ3v) is 3.99. The number of aromatic nitrogens is 2. The van der Waals surface area contributed by atoms with Crippen LogP contribution in [0.25, 0.3) is 0 Å². The number of halogens is 1. The van der Waals surface area contributed by atoms with Crippen molar-refractivity contribution in [3.8, 4) is 5.75 Å². The monoisotopic (exact) mass is 457 g/mol. The summed E-state index contributed by atoms with van der Waals surface area (Å²) in [6.07, 6.45) is 0. The highest BCUT2D eigenvalue weighted by atomic mass is 127. The van der Waals surface area contributed by atoms with Crippen LogP contribution >= 0.6 is 24.0 Å². The summed E-state index contributed by atoms with van der Waals surface area (Å²) in [5.74, 6) is 1.64. The van der Waals surface area contributed by atoms with Crippen LogP contribution in [0.15, 0.2) is 29.3 Å². The smallest absolute Gasteiger partial charge is 0.191 e. The Labute approximate surface area is 167 Å². The predicted molar refractivity (Wildman–Crippen MR) is 113 cm³/mol. The van der Waals surface area contributed by atoms with Crippen molar-refractivity contribution >= 4 is 29.9 Å². The molecule has 0 saturated heterocycles. The van der Waals surface area contributed by atoms with E-state index in [2.05, 4.69) is 34.6 Å². The fourth-order valence-corrected chi connectivity index (χ4v) is 2.53. The van der Waals surface area contributed by atoms with Gasteiger partial charge in [0.2, 0.25) is 0 Å². The minimum atomic E-state index is 0. The molecular weight excluding hydrogens is 429 g/mol. The quantitative estimate of drug-likeness (QED) is 0.398. The third kappa shape index (κ3) is 5.91. The van der Waals surface area contributed by atoms with E-state index in [0.29, 0.717) is 13.1 Å². The average molecular weight is 457 g/mol. The molecule has 0 amide bonds. The SMILES string of the molecule is CCNC(=NCc1cccc(OC)c1)NCc1c(C)nn(C)c1C.I. The summed E-state index contributed by atoms with van der Waals surface area (Å²) < 4.78 is 7.16. The Balaban J connectivity index is 0.00000312. The van der Waals surface area contributed by atoms with Gasteiger partial charge in [0, 0.05) is 31.4 Å². The molecule has 0 atom stereocenters. The van der Waals surface area contributed by atoms with Crippen LogP contribution in [0.5, 0.6) is 5.75 Å².